The molecule has 1 aromatic heterocycles. The predicted molar refractivity (Wildman–Crippen MR) is 133 cm³/mol. The number of aryl methyl sites for hydroxylation is 1. The number of benzene rings is 3. The summed E-state index contributed by atoms with van der Waals surface area (Å²) in [6.45, 7) is 2.74. The van der Waals surface area contributed by atoms with Crippen molar-refractivity contribution in [3.8, 4) is 0 Å². The molecule has 1 aliphatic heterocycles. The molecule has 5 rings (SSSR count). The van der Waals surface area contributed by atoms with Crippen molar-refractivity contribution >= 4 is 16.8 Å². The van der Waals surface area contributed by atoms with E-state index in [1.54, 1.807) is 35.0 Å². The zero-order valence-corrected chi connectivity index (χ0v) is 19.7. The summed E-state index contributed by atoms with van der Waals surface area (Å²) in [4.78, 5) is 29.1. The van der Waals surface area contributed by atoms with Gasteiger partial charge < -0.3 is 4.90 Å². The van der Waals surface area contributed by atoms with Gasteiger partial charge in [-0.2, -0.15) is 5.10 Å². The van der Waals surface area contributed by atoms with Gasteiger partial charge in [-0.25, -0.2) is 8.78 Å². The maximum absolute atomic E-state index is 13.6. The van der Waals surface area contributed by atoms with Crippen molar-refractivity contribution in [1.29, 1.82) is 0 Å². The van der Waals surface area contributed by atoms with Crippen LogP contribution in [0, 0.1) is 11.6 Å². The van der Waals surface area contributed by atoms with Gasteiger partial charge >= 0.3 is 0 Å². The van der Waals surface area contributed by atoms with E-state index in [2.05, 4.69) is 10.00 Å². The second kappa shape index (κ2) is 10.4. The number of aromatic nitrogens is 2. The zero-order chi connectivity index (χ0) is 25.1. The molecule has 0 atom stereocenters. The second-order valence-corrected chi connectivity index (χ2v) is 8.92. The molecule has 36 heavy (non-hydrogen) atoms. The van der Waals surface area contributed by atoms with E-state index in [-0.39, 0.29) is 35.4 Å². The number of para-hydroxylation sites is 1. The molecule has 6 nitrogen and oxygen atoms in total. The van der Waals surface area contributed by atoms with Gasteiger partial charge in [0, 0.05) is 38.0 Å². The summed E-state index contributed by atoms with van der Waals surface area (Å²) in [6.07, 6.45) is 1.57. The number of hydrogen-bond donors (Lipinski definition) is 0. The highest BCUT2D eigenvalue weighted by Crippen LogP contribution is 2.30. The quantitative estimate of drug-likeness (QED) is 0.412. The zero-order valence-electron chi connectivity index (χ0n) is 19.7. The van der Waals surface area contributed by atoms with Crippen molar-refractivity contribution in [3.05, 3.63) is 112 Å². The summed E-state index contributed by atoms with van der Waals surface area (Å²) in [6, 6.07) is 19.8. The van der Waals surface area contributed by atoms with E-state index >= 15 is 0 Å². The molecular formula is C28H26F2N4O2. The lowest BCUT2D eigenvalue weighted by atomic mass is 9.96. The lowest BCUT2D eigenvalue weighted by Gasteiger charge is -2.40. The number of piperazine rings is 1. The van der Waals surface area contributed by atoms with E-state index in [0.29, 0.717) is 43.6 Å². The fourth-order valence-corrected chi connectivity index (χ4v) is 4.83. The van der Waals surface area contributed by atoms with Crippen molar-refractivity contribution < 1.29 is 13.6 Å². The Morgan fingerprint density at radius 2 is 1.42 bits per heavy atom. The van der Waals surface area contributed by atoms with E-state index in [1.165, 1.54) is 30.5 Å². The van der Waals surface area contributed by atoms with Crippen LogP contribution in [0.2, 0.25) is 0 Å². The van der Waals surface area contributed by atoms with Crippen molar-refractivity contribution in [2.45, 2.75) is 19.0 Å². The molecule has 0 saturated carbocycles. The Bertz CT molecular complexity index is 1370. The number of rotatable bonds is 6. The Morgan fingerprint density at radius 1 is 0.833 bits per heavy atom. The van der Waals surface area contributed by atoms with Crippen LogP contribution < -0.4 is 5.43 Å². The predicted octanol–water partition coefficient (Wildman–Crippen LogP) is 4.00. The highest BCUT2D eigenvalue weighted by atomic mass is 19.1. The van der Waals surface area contributed by atoms with Gasteiger partial charge in [0.2, 0.25) is 11.3 Å². The average molecular weight is 489 g/mol. The lowest BCUT2D eigenvalue weighted by molar-refractivity contribution is -0.133. The summed E-state index contributed by atoms with van der Waals surface area (Å²) in [7, 11) is 0. The van der Waals surface area contributed by atoms with Crippen LogP contribution >= 0.6 is 0 Å². The van der Waals surface area contributed by atoms with Gasteiger partial charge in [-0.1, -0.05) is 36.4 Å². The topological polar surface area (TPSA) is 58.4 Å². The van der Waals surface area contributed by atoms with Crippen molar-refractivity contribution in [2.75, 3.05) is 26.2 Å². The third kappa shape index (κ3) is 5.04. The van der Waals surface area contributed by atoms with Crippen molar-refractivity contribution in [2.24, 2.45) is 0 Å². The monoisotopic (exact) mass is 488 g/mol. The molecule has 1 saturated heterocycles. The number of hydrogen-bond acceptors (Lipinski definition) is 4. The summed E-state index contributed by atoms with van der Waals surface area (Å²) in [5, 5.41) is 4.79. The molecule has 3 aromatic carbocycles. The van der Waals surface area contributed by atoms with E-state index in [0.717, 1.165) is 11.1 Å². The Morgan fingerprint density at radius 3 is 2.03 bits per heavy atom. The molecule has 0 radical (unpaired) electrons. The Kier molecular flexibility index (Phi) is 6.86. The van der Waals surface area contributed by atoms with Crippen LogP contribution in [-0.2, 0) is 11.3 Å². The first-order valence-corrected chi connectivity index (χ1v) is 12.0. The largest absolute Gasteiger partial charge is 0.340 e. The van der Waals surface area contributed by atoms with Gasteiger partial charge in [0.1, 0.15) is 11.6 Å². The molecule has 0 bridgehead atoms. The first-order valence-electron chi connectivity index (χ1n) is 12.0. The fourth-order valence-electron chi connectivity index (χ4n) is 4.83. The first-order chi connectivity index (χ1) is 17.5. The van der Waals surface area contributed by atoms with Gasteiger partial charge in [0.25, 0.3) is 0 Å². The lowest BCUT2D eigenvalue weighted by Crippen LogP contribution is -2.50. The van der Waals surface area contributed by atoms with Crippen LogP contribution in [0.4, 0.5) is 8.78 Å². The van der Waals surface area contributed by atoms with E-state index in [1.807, 2.05) is 23.1 Å². The summed E-state index contributed by atoms with van der Waals surface area (Å²) >= 11 is 0. The van der Waals surface area contributed by atoms with Gasteiger partial charge in [0.05, 0.1) is 24.3 Å². The molecule has 1 aliphatic rings. The average Bonchev–Trinajstić information content (AvgIpc) is 2.91. The summed E-state index contributed by atoms with van der Waals surface area (Å²) < 4.78 is 28.8. The Balaban J connectivity index is 1.26. The molecule has 4 aromatic rings. The minimum Gasteiger partial charge on any atom is -0.340 e. The van der Waals surface area contributed by atoms with Gasteiger partial charge in [-0.3, -0.25) is 19.2 Å². The van der Waals surface area contributed by atoms with Gasteiger partial charge in [-0.15, -0.1) is 0 Å². The van der Waals surface area contributed by atoms with E-state index in [9.17, 15) is 18.4 Å². The third-order valence-corrected chi connectivity index (χ3v) is 6.70. The molecule has 1 fully saturated rings. The molecule has 1 amide bonds. The molecule has 184 valence electrons. The molecule has 8 heteroatoms. The normalized spacial score (nSPS) is 14.5. The third-order valence-electron chi connectivity index (χ3n) is 6.70. The first kappa shape index (κ1) is 23.8. The molecule has 0 aliphatic carbocycles. The minimum absolute atomic E-state index is 0.0272. The number of carbonyl (C=O) groups excluding carboxylic acids is 1. The van der Waals surface area contributed by atoms with Crippen LogP contribution in [0.1, 0.15) is 23.6 Å². The van der Waals surface area contributed by atoms with Gasteiger partial charge in [0.15, 0.2) is 0 Å². The summed E-state index contributed by atoms with van der Waals surface area (Å²) in [5.41, 5.74) is 2.41. The number of carbonyl (C=O) groups is 1. The highest BCUT2D eigenvalue weighted by molar-refractivity contribution is 5.79. The minimum atomic E-state index is -0.308. The number of nitrogens with zero attached hydrogens (tertiary/aromatic N) is 4. The Labute approximate surface area is 207 Å². The summed E-state index contributed by atoms with van der Waals surface area (Å²) in [5.74, 6) is -0.589. The maximum Gasteiger partial charge on any atom is 0.224 e. The number of halogens is 2. The SMILES string of the molecule is O=C(CCn1ncc(=O)c2ccccc21)N1CCN(C(c2ccc(F)cc2)c2ccc(F)cc2)CC1. The maximum atomic E-state index is 13.6. The fraction of sp³-hybridized carbons (Fsp3) is 0.250. The van der Waals surface area contributed by atoms with Crippen LogP contribution in [0.5, 0.6) is 0 Å². The second-order valence-electron chi connectivity index (χ2n) is 8.92. The standard InChI is InChI=1S/C28H26F2N4O2/c29-22-9-5-20(6-10-22)28(21-7-11-23(30)12-8-21)33-17-15-32(16-18-33)27(36)13-14-34-25-4-2-1-3-24(25)26(35)19-31-34/h1-12,19,28H,13-18H2. The van der Waals surface area contributed by atoms with Crippen LogP contribution in [0.3, 0.4) is 0 Å². The van der Waals surface area contributed by atoms with Crippen LogP contribution in [0.25, 0.3) is 10.9 Å². The van der Waals surface area contributed by atoms with Crippen molar-refractivity contribution in [1.82, 2.24) is 19.6 Å². The van der Waals surface area contributed by atoms with Gasteiger partial charge in [-0.05, 0) is 47.5 Å². The molecule has 2 heterocycles. The number of amides is 1. The molecule has 0 unspecified atom stereocenters. The highest BCUT2D eigenvalue weighted by Gasteiger charge is 2.28. The van der Waals surface area contributed by atoms with Crippen molar-refractivity contribution in [3.63, 3.8) is 0 Å². The number of fused-ring (bicyclic) bond motifs is 1. The smallest absolute Gasteiger partial charge is 0.224 e. The van der Waals surface area contributed by atoms with Crippen LogP contribution in [0.15, 0.2) is 83.8 Å². The van der Waals surface area contributed by atoms with E-state index in [4.69, 9.17) is 0 Å². The molecule has 0 spiro atoms. The molecular weight excluding hydrogens is 462 g/mol. The van der Waals surface area contributed by atoms with E-state index < -0.39 is 0 Å². The molecule has 0 N–H and O–H groups in total. The Hall–Kier alpha value is -3.91. The van der Waals surface area contributed by atoms with Crippen LogP contribution in [-0.4, -0.2) is 51.7 Å².